The molecule has 31 heavy (non-hydrogen) atoms. The van der Waals surface area contributed by atoms with Crippen LogP contribution in [-0.2, 0) is 6.42 Å². The van der Waals surface area contributed by atoms with Crippen molar-refractivity contribution >= 4 is 0 Å². The second-order valence-corrected chi connectivity index (χ2v) is 10.1. The third kappa shape index (κ3) is 7.95. The van der Waals surface area contributed by atoms with E-state index in [2.05, 4.69) is 19.9 Å². The average Bonchev–Trinajstić information content (AvgIpc) is 2.80. The minimum atomic E-state index is -0.211. The van der Waals surface area contributed by atoms with Crippen LogP contribution in [0, 0.1) is 23.6 Å². The van der Waals surface area contributed by atoms with Crippen LogP contribution in [-0.4, -0.2) is 6.61 Å². The molecule has 0 N–H and O–H groups in total. The molecule has 2 aliphatic rings. The van der Waals surface area contributed by atoms with Crippen LogP contribution in [0.1, 0.15) is 109 Å². The van der Waals surface area contributed by atoms with Gasteiger partial charge in [0, 0.05) is 0 Å². The minimum absolute atomic E-state index is 0.211. The van der Waals surface area contributed by atoms with Gasteiger partial charge in [-0.1, -0.05) is 76.5 Å². The maximum Gasteiger partial charge on any atom is 0.165 e. The van der Waals surface area contributed by atoms with Crippen molar-refractivity contribution in [1.82, 2.24) is 0 Å². The molecule has 0 radical (unpaired) electrons. The smallest absolute Gasteiger partial charge is 0.165 e. The van der Waals surface area contributed by atoms with Crippen LogP contribution in [0.5, 0.6) is 5.75 Å². The van der Waals surface area contributed by atoms with Crippen molar-refractivity contribution in [3.05, 3.63) is 41.2 Å². The van der Waals surface area contributed by atoms with Crippen LogP contribution < -0.4 is 4.74 Å². The summed E-state index contributed by atoms with van der Waals surface area (Å²) in [5.74, 6) is 3.09. The summed E-state index contributed by atoms with van der Waals surface area (Å²) < 4.78 is 19.8. The molecule has 1 aromatic rings. The van der Waals surface area contributed by atoms with Crippen molar-refractivity contribution in [2.75, 3.05) is 6.61 Å². The third-order valence-electron chi connectivity index (χ3n) is 7.81. The summed E-state index contributed by atoms with van der Waals surface area (Å²) in [5, 5.41) is 0. The Balaban J connectivity index is 1.38. The molecule has 1 saturated carbocycles. The van der Waals surface area contributed by atoms with E-state index in [0.717, 1.165) is 49.0 Å². The SMILES string of the molecule is CCCCC[C@H]1CC[C@H](C2CC=C(CCc3ccc(OCCCC)c(F)c3)CC2)CC1. The third-order valence-corrected chi connectivity index (χ3v) is 7.81. The van der Waals surface area contributed by atoms with Crippen molar-refractivity contribution in [1.29, 1.82) is 0 Å². The monoisotopic (exact) mass is 428 g/mol. The Labute approximate surface area is 190 Å². The molecule has 2 aliphatic carbocycles. The van der Waals surface area contributed by atoms with E-state index >= 15 is 0 Å². The van der Waals surface area contributed by atoms with Crippen LogP contribution in [0.4, 0.5) is 4.39 Å². The van der Waals surface area contributed by atoms with Gasteiger partial charge in [-0.2, -0.15) is 0 Å². The molecule has 3 rings (SSSR count). The lowest BCUT2D eigenvalue weighted by molar-refractivity contribution is 0.185. The summed E-state index contributed by atoms with van der Waals surface area (Å²) in [6.07, 6.45) is 22.0. The largest absolute Gasteiger partial charge is 0.491 e. The fourth-order valence-electron chi connectivity index (χ4n) is 5.64. The van der Waals surface area contributed by atoms with Gasteiger partial charge >= 0.3 is 0 Å². The Bertz CT molecular complexity index is 671. The molecule has 1 unspecified atom stereocenters. The molecule has 2 heteroatoms. The normalized spacial score (nSPS) is 24.1. The van der Waals surface area contributed by atoms with Gasteiger partial charge in [-0.05, 0) is 86.8 Å². The zero-order chi connectivity index (χ0) is 21.9. The number of ether oxygens (including phenoxy) is 1. The first kappa shape index (κ1) is 24.3. The van der Waals surface area contributed by atoms with Crippen molar-refractivity contribution in [2.24, 2.45) is 17.8 Å². The van der Waals surface area contributed by atoms with E-state index in [-0.39, 0.29) is 5.82 Å². The molecule has 0 bridgehead atoms. The van der Waals surface area contributed by atoms with Gasteiger partial charge < -0.3 is 4.74 Å². The Morgan fingerprint density at radius 2 is 1.71 bits per heavy atom. The molecule has 1 nitrogen and oxygen atoms in total. The van der Waals surface area contributed by atoms with Gasteiger partial charge in [0.1, 0.15) is 0 Å². The molecule has 0 aromatic heterocycles. The number of unbranched alkanes of at least 4 members (excludes halogenated alkanes) is 3. The first-order valence-corrected chi connectivity index (χ1v) is 13.3. The van der Waals surface area contributed by atoms with Crippen molar-refractivity contribution in [3.63, 3.8) is 0 Å². The van der Waals surface area contributed by atoms with Crippen LogP contribution in [0.2, 0.25) is 0 Å². The topological polar surface area (TPSA) is 9.23 Å². The highest BCUT2D eigenvalue weighted by Gasteiger charge is 2.28. The summed E-state index contributed by atoms with van der Waals surface area (Å²) in [5.41, 5.74) is 2.68. The molecule has 0 spiro atoms. The highest BCUT2D eigenvalue weighted by Crippen LogP contribution is 2.41. The predicted octanol–water partition coefficient (Wildman–Crippen LogP) is 9.05. The van der Waals surface area contributed by atoms with E-state index in [1.54, 1.807) is 11.6 Å². The average molecular weight is 429 g/mol. The summed E-state index contributed by atoms with van der Waals surface area (Å²) in [6.45, 7) is 5.02. The van der Waals surface area contributed by atoms with E-state index in [1.807, 2.05) is 12.1 Å². The number of allylic oxidation sites excluding steroid dienone is 2. The Morgan fingerprint density at radius 1 is 0.903 bits per heavy atom. The first-order chi connectivity index (χ1) is 15.2. The molecular weight excluding hydrogens is 383 g/mol. The van der Waals surface area contributed by atoms with Crippen LogP contribution in [0.25, 0.3) is 0 Å². The number of aryl methyl sites for hydroxylation is 1. The Hall–Kier alpha value is -1.31. The van der Waals surface area contributed by atoms with E-state index in [0.29, 0.717) is 12.4 Å². The van der Waals surface area contributed by atoms with Crippen molar-refractivity contribution in [2.45, 2.75) is 110 Å². The van der Waals surface area contributed by atoms with Gasteiger partial charge in [0.05, 0.1) is 6.61 Å². The van der Waals surface area contributed by atoms with Crippen molar-refractivity contribution in [3.8, 4) is 5.75 Å². The standard InChI is InChI=1S/C29H45FO/c1-3-5-7-8-23-11-16-26(17-12-23)27-18-13-24(14-19-27)9-10-25-15-20-29(28(30)22-25)31-21-6-4-2/h13,15,20,22-23,26-27H,3-12,14,16-19,21H2,1-2H3/t23-,26-,27?. The first-order valence-electron chi connectivity index (χ1n) is 13.3. The summed E-state index contributed by atoms with van der Waals surface area (Å²) in [7, 11) is 0. The van der Waals surface area contributed by atoms with Gasteiger partial charge in [0.15, 0.2) is 11.6 Å². The number of rotatable bonds is 12. The van der Waals surface area contributed by atoms with Crippen molar-refractivity contribution < 1.29 is 9.13 Å². The van der Waals surface area contributed by atoms with Gasteiger partial charge in [0.2, 0.25) is 0 Å². The highest BCUT2D eigenvalue weighted by atomic mass is 19.1. The summed E-state index contributed by atoms with van der Waals surface area (Å²) in [6, 6.07) is 5.52. The molecule has 1 aromatic carbocycles. The van der Waals surface area contributed by atoms with Crippen LogP contribution in [0.3, 0.4) is 0 Å². The summed E-state index contributed by atoms with van der Waals surface area (Å²) in [4.78, 5) is 0. The fraction of sp³-hybridized carbons (Fsp3) is 0.724. The predicted molar refractivity (Wildman–Crippen MR) is 130 cm³/mol. The fourth-order valence-corrected chi connectivity index (χ4v) is 5.64. The van der Waals surface area contributed by atoms with Gasteiger partial charge in [0.25, 0.3) is 0 Å². The maximum atomic E-state index is 14.3. The van der Waals surface area contributed by atoms with E-state index in [4.69, 9.17) is 4.74 Å². The van der Waals surface area contributed by atoms with Crippen LogP contribution >= 0.6 is 0 Å². The lowest BCUT2D eigenvalue weighted by atomic mass is 9.70. The summed E-state index contributed by atoms with van der Waals surface area (Å²) >= 11 is 0. The van der Waals surface area contributed by atoms with E-state index in [1.165, 1.54) is 70.6 Å². The number of hydrogen-bond acceptors (Lipinski definition) is 1. The Kier molecular flexibility index (Phi) is 10.4. The number of benzene rings is 1. The molecule has 1 fully saturated rings. The number of halogens is 1. The zero-order valence-electron chi connectivity index (χ0n) is 20.1. The minimum Gasteiger partial charge on any atom is -0.491 e. The lowest BCUT2D eigenvalue weighted by Crippen LogP contribution is -2.23. The second-order valence-electron chi connectivity index (χ2n) is 10.1. The second kappa shape index (κ2) is 13.3. The molecule has 0 saturated heterocycles. The Morgan fingerprint density at radius 3 is 2.39 bits per heavy atom. The molecule has 174 valence electrons. The van der Waals surface area contributed by atoms with Gasteiger partial charge in [-0.3, -0.25) is 0 Å². The van der Waals surface area contributed by atoms with Gasteiger partial charge in [-0.15, -0.1) is 0 Å². The quantitative estimate of drug-likeness (QED) is 0.238. The molecule has 0 heterocycles. The molecule has 0 aliphatic heterocycles. The maximum absolute atomic E-state index is 14.3. The van der Waals surface area contributed by atoms with Gasteiger partial charge in [-0.25, -0.2) is 4.39 Å². The molecule has 0 amide bonds. The van der Waals surface area contributed by atoms with E-state index in [9.17, 15) is 4.39 Å². The van der Waals surface area contributed by atoms with E-state index < -0.39 is 0 Å². The number of hydrogen-bond donors (Lipinski definition) is 0. The molecular formula is C29H45FO. The zero-order valence-corrected chi connectivity index (χ0v) is 20.1. The molecule has 1 atom stereocenters. The highest BCUT2D eigenvalue weighted by molar-refractivity contribution is 5.30. The van der Waals surface area contributed by atoms with Crippen LogP contribution in [0.15, 0.2) is 29.8 Å². The lowest BCUT2D eigenvalue weighted by Gasteiger charge is -2.35.